The first-order valence-corrected chi connectivity index (χ1v) is 10.5. The van der Waals surface area contributed by atoms with Crippen molar-refractivity contribution in [3.8, 4) is 0 Å². The maximum atomic E-state index is 12.8. The van der Waals surface area contributed by atoms with E-state index in [1.54, 1.807) is 0 Å². The van der Waals surface area contributed by atoms with Gasteiger partial charge in [0.05, 0.1) is 6.04 Å². The highest BCUT2D eigenvalue weighted by Crippen LogP contribution is 2.05. The van der Waals surface area contributed by atoms with Crippen LogP contribution in [0, 0.1) is 0 Å². The Morgan fingerprint density at radius 2 is 1.30 bits per heavy atom. The van der Waals surface area contributed by atoms with Gasteiger partial charge in [0.1, 0.15) is 18.1 Å². The molecule has 0 spiro atoms. The summed E-state index contributed by atoms with van der Waals surface area (Å²) >= 11 is 0. The zero-order valence-corrected chi connectivity index (χ0v) is 18.5. The summed E-state index contributed by atoms with van der Waals surface area (Å²) in [6.07, 6.45) is 0.235. The number of unbranched alkanes of at least 4 members (excludes halogenated alkanes) is 1. The van der Waals surface area contributed by atoms with Crippen molar-refractivity contribution >= 4 is 35.6 Å². The minimum absolute atomic E-state index is 0.239. The number of amides is 4. The summed E-state index contributed by atoms with van der Waals surface area (Å²) in [7, 11) is 0. The van der Waals surface area contributed by atoms with Gasteiger partial charge in [0.2, 0.25) is 23.6 Å². The van der Waals surface area contributed by atoms with Crippen LogP contribution in [0.3, 0.4) is 0 Å². The van der Waals surface area contributed by atoms with Crippen molar-refractivity contribution in [3.63, 3.8) is 0 Å². The second-order valence-corrected chi connectivity index (χ2v) is 7.52. The van der Waals surface area contributed by atoms with E-state index in [4.69, 9.17) is 27.4 Å². The summed E-state index contributed by atoms with van der Waals surface area (Å²) in [5.74, 6) is -5.76. The molecule has 0 heterocycles. The molecule has 14 nitrogen and oxygen atoms in total. The van der Waals surface area contributed by atoms with Crippen LogP contribution >= 0.6 is 0 Å². The van der Waals surface area contributed by atoms with E-state index in [0.717, 1.165) is 0 Å². The zero-order chi connectivity index (χ0) is 25.6. The van der Waals surface area contributed by atoms with Gasteiger partial charge < -0.3 is 43.4 Å². The standard InChI is InChI=1S/C19H34N6O8/c1-10(19(32)33)23-17(30)12(5-7-14(22)26)25-18(31)13(6-8-15(27)28)24-16(29)11(21)4-2-3-9-20/h10-13H,2-9,20-21H2,1H3,(H2,22,26)(H,23,30)(H,24,29)(H,25,31)(H,27,28)(H,32,33). The van der Waals surface area contributed by atoms with Crippen LogP contribution in [-0.4, -0.2) is 76.5 Å². The Bertz CT molecular complexity index is 716. The molecular formula is C19H34N6O8. The quantitative estimate of drug-likeness (QED) is 0.0999. The minimum Gasteiger partial charge on any atom is -0.481 e. The van der Waals surface area contributed by atoms with E-state index in [9.17, 15) is 28.8 Å². The van der Waals surface area contributed by atoms with Gasteiger partial charge in [-0.25, -0.2) is 0 Å². The number of carboxylic acid groups (broad SMARTS) is 2. The predicted molar refractivity (Wildman–Crippen MR) is 115 cm³/mol. The largest absolute Gasteiger partial charge is 0.481 e. The van der Waals surface area contributed by atoms with Gasteiger partial charge in [0.15, 0.2) is 0 Å². The Balaban J connectivity index is 5.39. The molecule has 0 radical (unpaired) electrons. The second kappa shape index (κ2) is 15.5. The molecule has 0 aromatic rings. The Kier molecular flexibility index (Phi) is 14.0. The molecule has 0 fully saturated rings. The van der Waals surface area contributed by atoms with Crippen molar-refractivity contribution < 1.29 is 39.0 Å². The monoisotopic (exact) mass is 474 g/mol. The fourth-order valence-electron chi connectivity index (χ4n) is 2.66. The first-order valence-electron chi connectivity index (χ1n) is 10.5. The Hall–Kier alpha value is -3.26. The number of nitrogens with one attached hydrogen (secondary N) is 3. The van der Waals surface area contributed by atoms with Crippen LogP contribution in [0.25, 0.3) is 0 Å². The van der Waals surface area contributed by atoms with E-state index in [0.29, 0.717) is 25.8 Å². The van der Waals surface area contributed by atoms with Crippen molar-refractivity contribution in [1.29, 1.82) is 0 Å². The molecule has 0 saturated carbocycles. The summed E-state index contributed by atoms with van der Waals surface area (Å²) in [6.45, 7) is 1.63. The molecule has 11 N–H and O–H groups in total. The highest BCUT2D eigenvalue weighted by atomic mass is 16.4. The van der Waals surface area contributed by atoms with Crippen LogP contribution in [0.4, 0.5) is 0 Å². The van der Waals surface area contributed by atoms with Crippen molar-refractivity contribution in [2.75, 3.05) is 6.54 Å². The third kappa shape index (κ3) is 13.0. The molecule has 0 rings (SSSR count). The van der Waals surface area contributed by atoms with Crippen LogP contribution in [0.2, 0.25) is 0 Å². The van der Waals surface area contributed by atoms with Crippen LogP contribution in [0.5, 0.6) is 0 Å². The second-order valence-electron chi connectivity index (χ2n) is 7.52. The molecule has 188 valence electrons. The Morgan fingerprint density at radius 3 is 1.79 bits per heavy atom. The van der Waals surface area contributed by atoms with E-state index >= 15 is 0 Å². The van der Waals surface area contributed by atoms with E-state index in [2.05, 4.69) is 16.0 Å². The topological polar surface area (TPSA) is 257 Å². The van der Waals surface area contributed by atoms with Crippen molar-refractivity contribution in [2.24, 2.45) is 17.2 Å². The van der Waals surface area contributed by atoms with Gasteiger partial charge in [-0.3, -0.25) is 28.8 Å². The Morgan fingerprint density at radius 1 is 0.788 bits per heavy atom. The number of carbonyl (C=O) groups is 6. The number of hydrogen-bond acceptors (Lipinski definition) is 8. The summed E-state index contributed by atoms with van der Waals surface area (Å²) in [4.78, 5) is 70.6. The molecular weight excluding hydrogens is 440 g/mol. The third-order valence-electron chi connectivity index (χ3n) is 4.63. The number of carbonyl (C=O) groups excluding carboxylic acids is 4. The van der Waals surface area contributed by atoms with Gasteiger partial charge in [0.25, 0.3) is 0 Å². The highest BCUT2D eigenvalue weighted by molar-refractivity contribution is 5.94. The number of rotatable bonds is 17. The number of carboxylic acids is 2. The normalized spacial score (nSPS) is 14.3. The molecule has 4 unspecified atom stereocenters. The minimum atomic E-state index is -1.35. The van der Waals surface area contributed by atoms with Crippen molar-refractivity contribution in [2.45, 2.75) is 76.0 Å². The van der Waals surface area contributed by atoms with Crippen LogP contribution < -0.4 is 33.2 Å². The van der Waals surface area contributed by atoms with Gasteiger partial charge in [-0.05, 0) is 39.2 Å². The predicted octanol–water partition coefficient (Wildman–Crippen LogP) is -2.87. The van der Waals surface area contributed by atoms with E-state index in [1.165, 1.54) is 6.92 Å². The average Bonchev–Trinajstić information content (AvgIpc) is 2.73. The number of primary amides is 1. The number of aliphatic carboxylic acids is 2. The first-order chi connectivity index (χ1) is 15.4. The van der Waals surface area contributed by atoms with Gasteiger partial charge in [0, 0.05) is 12.8 Å². The lowest BCUT2D eigenvalue weighted by atomic mass is 10.1. The van der Waals surface area contributed by atoms with E-state index < -0.39 is 66.2 Å². The smallest absolute Gasteiger partial charge is 0.325 e. The van der Waals surface area contributed by atoms with Gasteiger partial charge in [-0.15, -0.1) is 0 Å². The SMILES string of the molecule is CC(NC(=O)C(CCC(N)=O)NC(=O)C(CCC(=O)O)NC(=O)C(N)CCCCN)C(=O)O. The lowest BCUT2D eigenvalue weighted by Gasteiger charge is -2.24. The molecule has 0 aliphatic carbocycles. The van der Waals surface area contributed by atoms with Gasteiger partial charge in [-0.2, -0.15) is 0 Å². The third-order valence-corrected chi connectivity index (χ3v) is 4.63. The average molecular weight is 475 g/mol. The summed E-state index contributed by atoms with van der Waals surface area (Å²) in [6, 6.07) is -4.93. The molecule has 4 amide bonds. The van der Waals surface area contributed by atoms with E-state index in [1.807, 2.05) is 0 Å². The molecule has 14 heteroatoms. The summed E-state index contributed by atoms with van der Waals surface area (Å²) in [5, 5.41) is 24.8. The lowest BCUT2D eigenvalue weighted by Crippen LogP contribution is -2.57. The molecule has 0 aromatic heterocycles. The molecule has 0 aromatic carbocycles. The summed E-state index contributed by atoms with van der Waals surface area (Å²) in [5.41, 5.74) is 16.3. The van der Waals surface area contributed by atoms with Crippen LogP contribution in [0.15, 0.2) is 0 Å². The highest BCUT2D eigenvalue weighted by Gasteiger charge is 2.29. The van der Waals surface area contributed by atoms with Crippen molar-refractivity contribution in [1.82, 2.24) is 16.0 Å². The molecule has 4 atom stereocenters. The molecule has 0 aliphatic heterocycles. The van der Waals surface area contributed by atoms with Crippen molar-refractivity contribution in [3.05, 3.63) is 0 Å². The number of hydrogen-bond donors (Lipinski definition) is 8. The lowest BCUT2D eigenvalue weighted by molar-refractivity contribution is -0.142. The van der Waals surface area contributed by atoms with Crippen LogP contribution in [-0.2, 0) is 28.8 Å². The maximum Gasteiger partial charge on any atom is 0.325 e. The fraction of sp³-hybridized carbons (Fsp3) is 0.684. The maximum absolute atomic E-state index is 12.8. The summed E-state index contributed by atoms with van der Waals surface area (Å²) < 4.78 is 0. The number of nitrogens with two attached hydrogens (primary N) is 3. The zero-order valence-electron chi connectivity index (χ0n) is 18.5. The molecule has 0 bridgehead atoms. The fourth-order valence-corrected chi connectivity index (χ4v) is 2.66. The molecule has 33 heavy (non-hydrogen) atoms. The van der Waals surface area contributed by atoms with E-state index in [-0.39, 0.29) is 19.3 Å². The Labute approximate surface area is 191 Å². The molecule has 0 aliphatic rings. The molecule has 0 saturated heterocycles. The van der Waals surface area contributed by atoms with Gasteiger partial charge >= 0.3 is 11.9 Å². The van der Waals surface area contributed by atoms with Gasteiger partial charge in [-0.1, -0.05) is 6.42 Å². The first kappa shape index (κ1) is 29.7. The van der Waals surface area contributed by atoms with Crippen LogP contribution in [0.1, 0.15) is 51.9 Å².